The lowest BCUT2D eigenvalue weighted by atomic mass is 10.0. The van der Waals surface area contributed by atoms with Gasteiger partial charge in [-0.05, 0) is 49.2 Å². The average molecular weight is 410 g/mol. The molecule has 29 heavy (non-hydrogen) atoms. The van der Waals surface area contributed by atoms with Crippen molar-refractivity contribution in [2.24, 2.45) is 0 Å². The Morgan fingerprint density at radius 1 is 1.14 bits per heavy atom. The Hall–Kier alpha value is -2.84. The number of nitrogens with zero attached hydrogens (tertiary/aromatic N) is 4. The van der Waals surface area contributed by atoms with E-state index < -0.39 is 5.76 Å². The Labute approximate surface area is 170 Å². The molecule has 2 aromatic heterocycles. The highest BCUT2D eigenvalue weighted by atomic mass is 32.1. The molecule has 1 saturated heterocycles. The second kappa shape index (κ2) is 7.53. The van der Waals surface area contributed by atoms with Crippen LogP contribution in [-0.4, -0.2) is 26.2 Å². The number of benzene rings is 2. The number of halogens is 1. The first-order valence-electron chi connectivity index (χ1n) is 9.61. The van der Waals surface area contributed by atoms with Crippen LogP contribution >= 0.6 is 11.3 Å². The number of hydrogen-bond donors (Lipinski definition) is 0. The third-order valence-electron chi connectivity index (χ3n) is 5.22. The van der Waals surface area contributed by atoms with E-state index in [-0.39, 0.29) is 17.7 Å². The molecule has 148 valence electrons. The van der Waals surface area contributed by atoms with Crippen LogP contribution in [0.15, 0.2) is 57.7 Å². The molecule has 0 radical (unpaired) electrons. The highest BCUT2D eigenvalue weighted by Gasteiger charge is 2.28. The maximum atomic E-state index is 13.1. The quantitative estimate of drug-likeness (QED) is 0.498. The monoisotopic (exact) mass is 410 g/mol. The van der Waals surface area contributed by atoms with Crippen LogP contribution in [0.4, 0.5) is 4.39 Å². The second-order valence-electron chi connectivity index (χ2n) is 7.16. The minimum absolute atomic E-state index is 0.152. The van der Waals surface area contributed by atoms with Gasteiger partial charge in [0, 0.05) is 12.1 Å². The van der Waals surface area contributed by atoms with Gasteiger partial charge in [0.1, 0.15) is 17.5 Å². The summed E-state index contributed by atoms with van der Waals surface area (Å²) in [6.45, 7) is 1.20. The van der Waals surface area contributed by atoms with Crippen LogP contribution < -0.4 is 5.76 Å². The number of hydrogen-bond acceptors (Lipinski definition) is 6. The predicted molar refractivity (Wildman–Crippen MR) is 109 cm³/mol. The minimum Gasteiger partial charge on any atom is -0.388 e. The molecule has 5 rings (SSSR count). The van der Waals surface area contributed by atoms with Gasteiger partial charge in [-0.3, -0.25) is 4.90 Å². The molecule has 0 amide bonds. The van der Waals surface area contributed by atoms with Gasteiger partial charge < -0.3 is 4.42 Å². The van der Waals surface area contributed by atoms with Gasteiger partial charge in [-0.2, -0.15) is 4.68 Å². The lowest BCUT2D eigenvalue weighted by molar-refractivity contribution is 0.101. The van der Waals surface area contributed by atoms with Crippen molar-refractivity contribution >= 4 is 21.6 Å². The summed E-state index contributed by atoms with van der Waals surface area (Å²) in [6.07, 6.45) is 3.20. The van der Waals surface area contributed by atoms with Crippen molar-refractivity contribution in [1.82, 2.24) is 19.7 Å². The van der Waals surface area contributed by atoms with Crippen LogP contribution in [0, 0.1) is 5.82 Å². The highest BCUT2D eigenvalue weighted by molar-refractivity contribution is 7.18. The second-order valence-corrected chi connectivity index (χ2v) is 8.23. The molecule has 2 aromatic carbocycles. The van der Waals surface area contributed by atoms with Crippen LogP contribution in [0.5, 0.6) is 0 Å². The van der Waals surface area contributed by atoms with Crippen LogP contribution in [0.25, 0.3) is 21.7 Å². The Morgan fingerprint density at radius 2 is 1.97 bits per heavy atom. The number of piperidine rings is 1. The number of aromatic nitrogens is 3. The summed E-state index contributed by atoms with van der Waals surface area (Å²) >= 11 is 1.71. The third kappa shape index (κ3) is 3.61. The largest absolute Gasteiger partial charge is 0.438 e. The molecular weight excluding hydrogens is 391 g/mol. The molecule has 1 atom stereocenters. The van der Waals surface area contributed by atoms with E-state index in [4.69, 9.17) is 9.40 Å². The Bertz CT molecular complexity index is 1160. The van der Waals surface area contributed by atoms with Crippen molar-refractivity contribution in [3.05, 3.63) is 69.9 Å². The first kappa shape index (κ1) is 18.2. The molecule has 0 saturated carbocycles. The lowest BCUT2D eigenvalue weighted by Crippen LogP contribution is -2.37. The maximum absolute atomic E-state index is 13.1. The normalized spacial score (nSPS) is 17.8. The number of rotatable bonds is 4. The topological polar surface area (TPSA) is 64.2 Å². The maximum Gasteiger partial charge on any atom is 0.438 e. The molecule has 3 heterocycles. The van der Waals surface area contributed by atoms with Crippen LogP contribution in [0.1, 0.15) is 30.3 Å². The predicted octanol–water partition coefficient (Wildman–Crippen LogP) is 4.44. The molecule has 1 fully saturated rings. The molecule has 0 bridgehead atoms. The van der Waals surface area contributed by atoms with E-state index in [9.17, 15) is 9.18 Å². The van der Waals surface area contributed by atoms with Gasteiger partial charge in [-0.25, -0.2) is 14.2 Å². The van der Waals surface area contributed by atoms with E-state index >= 15 is 0 Å². The minimum atomic E-state index is -0.516. The Morgan fingerprint density at radius 3 is 2.79 bits per heavy atom. The first-order chi connectivity index (χ1) is 14.2. The van der Waals surface area contributed by atoms with E-state index in [1.54, 1.807) is 23.5 Å². The lowest BCUT2D eigenvalue weighted by Gasteiger charge is -2.33. The number of para-hydroxylation sites is 1. The molecule has 0 aliphatic carbocycles. The van der Waals surface area contributed by atoms with Gasteiger partial charge in [0.15, 0.2) is 0 Å². The van der Waals surface area contributed by atoms with Crippen molar-refractivity contribution in [1.29, 1.82) is 0 Å². The number of thiazole rings is 1. The van der Waals surface area contributed by atoms with Gasteiger partial charge in [0.2, 0.25) is 5.89 Å². The zero-order valence-electron chi connectivity index (χ0n) is 15.6. The molecule has 1 aliphatic heterocycles. The SMILES string of the molecule is O=c1oc(-c2ccc(F)cc2)nn1CN1CCCCC1c1nc2ccccc2s1. The fourth-order valence-corrected chi connectivity index (χ4v) is 4.89. The zero-order valence-corrected chi connectivity index (χ0v) is 16.4. The van der Waals surface area contributed by atoms with Crippen molar-refractivity contribution in [2.75, 3.05) is 6.54 Å². The fourth-order valence-electron chi connectivity index (χ4n) is 3.75. The summed E-state index contributed by atoms with van der Waals surface area (Å²) in [5.74, 6) is -0.663. The van der Waals surface area contributed by atoms with Crippen molar-refractivity contribution in [3.63, 3.8) is 0 Å². The molecular formula is C21H19FN4O2S. The average Bonchev–Trinajstić information content (AvgIpc) is 3.33. The molecule has 0 N–H and O–H groups in total. The summed E-state index contributed by atoms with van der Waals surface area (Å²) < 4.78 is 21.0. The van der Waals surface area contributed by atoms with E-state index in [0.717, 1.165) is 36.3 Å². The zero-order chi connectivity index (χ0) is 19.8. The molecule has 1 aliphatic rings. The van der Waals surface area contributed by atoms with Crippen LogP contribution in [0.3, 0.4) is 0 Å². The number of fused-ring (bicyclic) bond motifs is 1. The standard InChI is InChI=1S/C21H19FN4O2S/c22-15-10-8-14(9-11-15)19-24-26(21(27)28-19)13-25-12-4-3-6-17(25)20-23-16-5-1-2-7-18(16)29-20/h1-2,5,7-11,17H,3-4,6,12-13H2. The summed E-state index contributed by atoms with van der Waals surface area (Å²) in [5, 5.41) is 5.40. The van der Waals surface area contributed by atoms with Gasteiger partial charge in [-0.15, -0.1) is 16.4 Å². The van der Waals surface area contributed by atoms with E-state index in [1.807, 2.05) is 18.2 Å². The van der Waals surface area contributed by atoms with Crippen molar-refractivity contribution in [2.45, 2.75) is 32.0 Å². The van der Waals surface area contributed by atoms with Crippen LogP contribution in [0.2, 0.25) is 0 Å². The summed E-state index contributed by atoms with van der Waals surface area (Å²) in [4.78, 5) is 19.4. The first-order valence-corrected chi connectivity index (χ1v) is 10.4. The van der Waals surface area contributed by atoms with Crippen molar-refractivity contribution < 1.29 is 8.81 Å². The van der Waals surface area contributed by atoms with E-state index in [1.165, 1.54) is 21.5 Å². The molecule has 4 aromatic rings. The molecule has 1 unspecified atom stereocenters. The van der Waals surface area contributed by atoms with E-state index in [0.29, 0.717) is 12.2 Å². The van der Waals surface area contributed by atoms with Gasteiger partial charge in [0.05, 0.1) is 16.3 Å². The third-order valence-corrected chi connectivity index (χ3v) is 6.36. The van der Waals surface area contributed by atoms with Gasteiger partial charge in [-0.1, -0.05) is 18.6 Å². The smallest absolute Gasteiger partial charge is 0.388 e. The molecule has 6 nitrogen and oxygen atoms in total. The Balaban J connectivity index is 1.42. The summed E-state index contributed by atoms with van der Waals surface area (Å²) in [6, 6.07) is 14.0. The van der Waals surface area contributed by atoms with Crippen LogP contribution in [-0.2, 0) is 6.67 Å². The summed E-state index contributed by atoms with van der Waals surface area (Å²) in [5.41, 5.74) is 1.58. The van der Waals surface area contributed by atoms with E-state index in [2.05, 4.69) is 16.1 Å². The van der Waals surface area contributed by atoms with Crippen molar-refractivity contribution in [3.8, 4) is 11.5 Å². The summed E-state index contributed by atoms with van der Waals surface area (Å²) in [7, 11) is 0. The highest BCUT2D eigenvalue weighted by Crippen LogP contribution is 2.35. The van der Waals surface area contributed by atoms with Gasteiger partial charge >= 0.3 is 5.76 Å². The van der Waals surface area contributed by atoms with Gasteiger partial charge in [0.25, 0.3) is 0 Å². The molecule has 8 heteroatoms. The fraction of sp³-hybridized carbons (Fsp3) is 0.286. The number of likely N-dealkylation sites (tertiary alicyclic amines) is 1. The Kier molecular flexibility index (Phi) is 4.73. The molecule has 0 spiro atoms.